The van der Waals surface area contributed by atoms with Crippen LogP contribution in [0.1, 0.15) is 58.3 Å². The molecule has 0 aromatic rings. The van der Waals surface area contributed by atoms with E-state index in [4.69, 9.17) is 5.73 Å². The number of nitrogens with two attached hydrogens (primary N) is 1. The van der Waals surface area contributed by atoms with Crippen molar-refractivity contribution < 1.29 is 0 Å². The van der Waals surface area contributed by atoms with E-state index in [0.717, 1.165) is 17.9 Å². The van der Waals surface area contributed by atoms with Crippen LogP contribution < -0.4 is 5.73 Å². The topological polar surface area (TPSA) is 29.3 Å². The minimum atomic E-state index is 0.402. The molecule has 0 aromatic heterocycles. The van der Waals surface area contributed by atoms with E-state index < -0.39 is 0 Å². The summed E-state index contributed by atoms with van der Waals surface area (Å²) in [7, 11) is 0. The first-order valence-electron chi connectivity index (χ1n) is 7.63. The van der Waals surface area contributed by atoms with Crippen LogP contribution in [-0.4, -0.2) is 30.1 Å². The maximum atomic E-state index is 6.07. The molecule has 3 rings (SSSR count). The largest absolute Gasteiger partial charge is 0.329 e. The summed E-state index contributed by atoms with van der Waals surface area (Å²) in [6, 6.07) is 0. The average Bonchev–Trinajstić information content (AvgIpc) is 2.74. The zero-order valence-corrected chi connectivity index (χ0v) is 11.4. The monoisotopic (exact) mass is 236 g/mol. The van der Waals surface area contributed by atoms with Crippen molar-refractivity contribution in [1.29, 1.82) is 0 Å². The Morgan fingerprint density at radius 3 is 2.12 bits per heavy atom. The van der Waals surface area contributed by atoms with Gasteiger partial charge in [0.1, 0.15) is 0 Å². The summed E-state index contributed by atoms with van der Waals surface area (Å²) in [4.78, 5) is 2.75. The van der Waals surface area contributed by atoms with Gasteiger partial charge in [-0.3, -0.25) is 4.90 Å². The fourth-order valence-electron chi connectivity index (χ4n) is 4.87. The van der Waals surface area contributed by atoms with Crippen LogP contribution >= 0.6 is 0 Å². The van der Waals surface area contributed by atoms with Gasteiger partial charge in [0.25, 0.3) is 0 Å². The predicted octanol–water partition coefficient (Wildman–Crippen LogP) is 2.77. The van der Waals surface area contributed by atoms with Crippen molar-refractivity contribution in [2.24, 2.45) is 17.1 Å². The fourth-order valence-corrected chi connectivity index (χ4v) is 4.87. The number of hydrogen-bond donors (Lipinski definition) is 1. The van der Waals surface area contributed by atoms with Crippen molar-refractivity contribution in [3.63, 3.8) is 0 Å². The Balaban J connectivity index is 1.61. The van der Waals surface area contributed by atoms with Gasteiger partial charge in [-0.1, -0.05) is 19.8 Å². The van der Waals surface area contributed by atoms with Crippen molar-refractivity contribution in [2.45, 2.75) is 63.8 Å². The van der Waals surface area contributed by atoms with Crippen LogP contribution in [0, 0.1) is 11.3 Å². The Bertz CT molecular complexity index is 265. The van der Waals surface area contributed by atoms with Gasteiger partial charge in [0.15, 0.2) is 0 Å². The smallest absolute Gasteiger partial charge is 0.0336 e. The summed E-state index contributed by atoms with van der Waals surface area (Å²) in [5.74, 6) is 0.904. The molecule has 2 N–H and O–H groups in total. The lowest BCUT2D eigenvalue weighted by Gasteiger charge is -2.56. The van der Waals surface area contributed by atoms with Gasteiger partial charge in [-0.2, -0.15) is 0 Å². The molecule has 1 aliphatic heterocycles. The number of piperidine rings is 1. The van der Waals surface area contributed by atoms with Crippen LogP contribution in [0.25, 0.3) is 0 Å². The first-order chi connectivity index (χ1) is 8.18. The number of rotatable bonds is 2. The summed E-state index contributed by atoms with van der Waals surface area (Å²) < 4.78 is 0. The number of nitrogens with zero attached hydrogens (tertiary/aromatic N) is 1. The Morgan fingerprint density at radius 1 is 1.06 bits per heavy atom. The normalized spacial score (nSPS) is 41.6. The lowest BCUT2D eigenvalue weighted by Crippen LogP contribution is -2.63. The molecule has 0 unspecified atom stereocenters. The van der Waals surface area contributed by atoms with E-state index in [-0.39, 0.29) is 0 Å². The van der Waals surface area contributed by atoms with Crippen LogP contribution in [-0.2, 0) is 0 Å². The molecule has 0 amide bonds. The standard InChI is InChI=1S/C15H28N2/c1-13-10-15(11-13,12-16)17-8-6-14(7-9-17)4-2-3-5-14/h13H,2-12,16H2,1H3. The second kappa shape index (κ2) is 4.24. The van der Waals surface area contributed by atoms with E-state index in [2.05, 4.69) is 11.8 Å². The van der Waals surface area contributed by atoms with Gasteiger partial charge in [0.2, 0.25) is 0 Å². The van der Waals surface area contributed by atoms with Crippen LogP contribution in [0.2, 0.25) is 0 Å². The minimum Gasteiger partial charge on any atom is -0.329 e. The maximum Gasteiger partial charge on any atom is 0.0336 e. The van der Waals surface area contributed by atoms with Gasteiger partial charge in [-0.05, 0) is 62.9 Å². The van der Waals surface area contributed by atoms with Crippen molar-refractivity contribution in [3.05, 3.63) is 0 Å². The zero-order chi connectivity index (χ0) is 11.9. The predicted molar refractivity (Wildman–Crippen MR) is 71.9 cm³/mol. The number of likely N-dealkylation sites (tertiary alicyclic amines) is 1. The first-order valence-corrected chi connectivity index (χ1v) is 7.63. The van der Waals surface area contributed by atoms with Crippen molar-refractivity contribution in [3.8, 4) is 0 Å². The van der Waals surface area contributed by atoms with Crippen LogP contribution in [0.4, 0.5) is 0 Å². The summed E-state index contributed by atoms with van der Waals surface area (Å²) in [6.45, 7) is 5.90. The van der Waals surface area contributed by atoms with Gasteiger partial charge in [-0.25, -0.2) is 0 Å². The molecular weight excluding hydrogens is 208 g/mol. The van der Waals surface area contributed by atoms with Crippen molar-refractivity contribution in [2.75, 3.05) is 19.6 Å². The Kier molecular flexibility index (Phi) is 2.99. The Morgan fingerprint density at radius 2 is 1.65 bits per heavy atom. The van der Waals surface area contributed by atoms with Crippen molar-refractivity contribution >= 4 is 0 Å². The van der Waals surface area contributed by atoms with Gasteiger partial charge in [-0.15, -0.1) is 0 Å². The van der Waals surface area contributed by atoms with E-state index in [0.29, 0.717) is 5.54 Å². The highest BCUT2D eigenvalue weighted by molar-refractivity contribution is 5.04. The highest BCUT2D eigenvalue weighted by atomic mass is 15.2. The second-order valence-electron chi connectivity index (χ2n) is 7.14. The average molecular weight is 236 g/mol. The van der Waals surface area contributed by atoms with Gasteiger partial charge >= 0.3 is 0 Å². The molecule has 2 nitrogen and oxygen atoms in total. The molecule has 2 heteroatoms. The molecule has 98 valence electrons. The molecular formula is C15H28N2. The second-order valence-corrected chi connectivity index (χ2v) is 7.14. The molecule has 3 aliphatic rings. The van der Waals surface area contributed by atoms with E-state index >= 15 is 0 Å². The lowest BCUT2D eigenvalue weighted by atomic mass is 9.66. The highest BCUT2D eigenvalue weighted by Gasteiger charge is 2.48. The molecule has 1 heterocycles. The molecule has 2 saturated carbocycles. The molecule has 1 spiro atoms. The maximum absolute atomic E-state index is 6.07. The quantitative estimate of drug-likeness (QED) is 0.799. The summed E-state index contributed by atoms with van der Waals surface area (Å²) in [5.41, 5.74) is 7.22. The molecule has 0 bridgehead atoms. The fraction of sp³-hybridized carbons (Fsp3) is 1.00. The van der Waals surface area contributed by atoms with E-state index in [1.807, 2.05) is 0 Å². The van der Waals surface area contributed by atoms with Gasteiger partial charge < -0.3 is 5.73 Å². The minimum absolute atomic E-state index is 0.402. The molecule has 17 heavy (non-hydrogen) atoms. The molecule has 1 saturated heterocycles. The third-order valence-corrected chi connectivity index (χ3v) is 6.00. The molecule has 3 fully saturated rings. The van der Waals surface area contributed by atoms with Gasteiger partial charge in [0.05, 0.1) is 0 Å². The van der Waals surface area contributed by atoms with Crippen LogP contribution in [0.3, 0.4) is 0 Å². The molecule has 0 radical (unpaired) electrons. The van der Waals surface area contributed by atoms with E-state index in [1.165, 1.54) is 64.5 Å². The van der Waals surface area contributed by atoms with E-state index in [1.54, 1.807) is 0 Å². The Labute approximate surface area is 106 Å². The summed E-state index contributed by atoms with van der Waals surface area (Å²) in [6.07, 6.45) is 11.6. The third-order valence-electron chi connectivity index (χ3n) is 6.00. The zero-order valence-electron chi connectivity index (χ0n) is 11.4. The first kappa shape index (κ1) is 12.0. The van der Waals surface area contributed by atoms with Crippen molar-refractivity contribution in [1.82, 2.24) is 4.90 Å². The number of hydrogen-bond acceptors (Lipinski definition) is 2. The lowest BCUT2D eigenvalue weighted by molar-refractivity contribution is -0.0476. The summed E-state index contributed by atoms with van der Waals surface area (Å²) in [5, 5.41) is 0. The SMILES string of the molecule is CC1CC(CN)(N2CCC3(CCCC3)CC2)C1. The summed E-state index contributed by atoms with van der Waals surface area (Å²) >= 11 is 0. The third kappa shape index (κ3) is 1.94. The highest BCUT2D eigenvalue weighted by Crippen LogP contribution is 2.49. The van der Waals surface area contributed by atoms with E-state index in [9.17, 15) is 0 Å². The molecule has 0 aromatic carbocycles. The van der Waals surface area contributed by atoms with Gasteiger partial charge in [0, 0.05) is 12.1 Å². The molecule has 0 atom stereocenters. The van der Waals surface area contributed by atoms with Crippen LogP contribution in [0.15, 0.2) is 0 Å². The molecule has 2 aliphatic carbocycles. The Hall–Kier alpha value is -0.0800. The van der Waals surface area contributed by atoms with Crippen LogP contribution in [0.5, 0.6) is 0 Å².